The molecule has 0 bridgehead atoms. The van der Waals surface area contributed by atoms with Crippen molar-refractivity contribution in [2.45, 2.75) is 6.92 Å². The summed E-state index contributed by atoms with van der Waals surface area (Å²) in [6, 6.07) is 8.61. The van der Waals surface area contributed by atoms with Crippen LogP contribution < -0.4 is 0 Å². The quantitative estimate of drug-likeness (QED) is 0.745. The third kappa shape index (κ3) is 1.72. The van der Waals surface area contributed by atoms with Gasteiger partial charge in [0.15, 0.2) is 0 Å². The Labute approximate surface area is 93.3 Å². The molecule has 16 heavy (non-hydrogen) atoms. The van der Waals surface area contributed by atoms with Gasteiger partial charge in [-0.15, -0.1) is 0 Å². The molecular weight excluding hydrogens is 204 g/mol. The van der Waals surface area contributed by atoms with Gasteiger partial charge in [-0.05, 0) is 47.5 Å². The molecule has 0 aliphatic carbocycles. The molecule has 1 N–H and O–H groups in total. The summed E-state index contributed by atoms with van der Waals surface area (Å²) in [5.41, 5.74) is 1.48. The highest BCUT2D eigenvalue weighted by Gasteiger charge is 2.11. The minimum atomic E-state index is -0.362. The highest BCUT2D eigenvalue weighted by Crippen LogP contribution is 2.25. The van der Waals surface area contributed by atoms with Gasteiger partial charge in [-0.2, -0.15) is 0 Å². The first-order valence-electron chi connectivity index (χ1n) is 4.93. The largest absolute Gasteiger partial charge is 0.508 e. The summed E-state index contributed by atoms with van der Waals surface area (Å²) < 4.78 is 4.73. The lowest BCUT2D eigenvalue weighted by Gasteiger charge is -2.07. The second kappa shape index (κ2) is 3.85. The van der Waals surface area contributed by atoms with Gasteiger partial charge in [0.2, 0.25) is 0 Å². The van der Waals surface area contributed by atoms with Crippen molar-refractivity contribution >= 4 is 16.7 Å². The minimum Gasteiger partial charge on any atom is -0.508 e. The number of methoxy groups -OCH3 is 1. The van der Waals surface area contributed by atoms with E-state index in [4.69, 9.17) is 4.74 Å². The minimum absolute atomic E-state index is 0.189. The van der Waals surface area contributed by atoms with Crippen molar-refractivity contribution in [1.82, 2.24) is 0 Å². The number of aromatic hydroxyl groups is 1. The SMILES string of the molecule is COC(=O)c1cc(C)cc2cc(O)ccc12. The number of ether oxygens (including phenoxy) is 1. The Morgan fingerprint density at radius 1 is 1.25 bits per heavy atom. The van der Waals surface area contributed by atoms with Crippen LogP contribution >= 0.6 is 0 Å². The summed E-state index contributed by atoms with van der Waals surface area (Å²) in [5.74, 6) is -0.173. The standard InChI is InChI=1S/C13H12O3/c1-8-5-9-7-10(14)3-4-11(9)12(6-8)13(15)16-2/h3-7,14H,1-2H3. The van der Waals surface area contributed by atoms with E-state index in [1.54, 1.807) is 24.3 Å². The molecule has 0 aliphatic rings. The Bertz CT molecular complexity index is 553. The molecule has 0 heterocycles. The van der Waals surface area contributed by atoms with Crippen molar-refractivity contribution in [2.24, 2.45) is 0 Å². The molecular formula is C13H12O3. The number of fused-ring (bicyclic) bond motifs is 1. The lowest BCUT2D eigenvalue weighted by Crippen LogP contribution is -2.02. The molecule has 0 fully saturated rings. The first kappa shape index (κ1) is 10.5. The van der Waals surface area contributed by atoms with E-state index in [9.17, 15) is 9.90 Å². The summed E-state index contributed by atoms with van der Waals surface area (Å²) in [6.07, 6.45) is 0. The smallest absolute Gasteiger partial charge is 0.338 e. The molecule has 0 saturated carbocycles. The van der Waals surface area contributed by atoms with Crippen molar-refractivity contribution in [2.75, 3.05) is 7.11 Å². The second-order valence-corrected chi connectivity index (χ2v) is 3.71. The van der Waals surface area contributed by atoms with Gasteiger partial charge in [0, 0.05) is 0 Å². The fourth-order valence-corrected chi connectivity index (χ4v) is 1.79. The van der Waals surface area contributed by atoms with E-state index in [1.807, 2.05) is 13.0 Å². The molecule has 2 aromatic rings. The van der Waals surface area contributed by atoms with E-state index in [1.165, 1.54) is 7.11 Å². The van der Waals surface area contributed by atoms with Gasteiger partial charge in [0.1, 0.15) is 5.75 Å². The average molecular weight is 216 g/mol. The first-order valence-corrected chi connectivity index (χ1v) is 4.93. The predicted octanol–water partition coefficient (Wildman–Crippen LogP) is 2.64. The van der Waals surface area contributed by atoms with Crippen LogP contribution in [0.25, 0.3) is 10.8 Å². The van der Waals surface area contributed by atoms with Crippen molar-refractivity contribution in [3.05, 3.63) is 41.5 Å². The number of phenolic OH excluding ortho intramolecular Hbond substituents is 1. The van der Waals surface area contributed by atoms with Crippen molar-refractivity contribution in [3.63, 3.8) is 0 Å². The molecule has 2 rings (SSSR count). The lowest BCUT2D eigenvalue weighted by atomic mass is 10.0. The number of hydrogen-bond acceptors (Lipinski definition) is 3. The molecule has 3 heteroatoms. The van der Waals surface area contributed by atoms with Crippen LogP contribution in [0.4, 0.5) is 0 Å². The zero-order valence-corrected chi connectivity index (χ0v) is 9.15. The van der Waals surface area contributed by atoms with E-state index >= 15 is 0 Å². The maximum Gasteiger partial charge on any atom is 0.338 e. The molecule has 0 atom stereocenters. The van der Waals surface area contributed by atoms with Crippen LogP contribution in [-0.4, -0.2) is 18.2 Å². The molecule has 0 unspecified atom stereocenters. The molecule has 0 aromatic heterocycles. The average Bonchev–Trinajstić information content (AvgIpc) is 2.26. The van der Waals surface area contributed by atoms with Gasteiger partial charge >= 0.3 is 5.97 Å². The molecule has 82 valence electrons. The Morgan fingerprint density at radius 2 is 2.00 bits per heavy atom. The highest BCUT2D eigenvalue weighted by atomic mass is 16.5. The number of rotatable bonds is 1. The van der Waals surface area contributed by atoms with Crippen LogP contribution in [0.2, 0.25) is 0 Å². The number of esters is 1. The van der Waals surface area contributed by atoms with Gasteiger partial charge in [-0.3, -0.25) is 0 Å². The topological polar surface area (TPSA) is 46.5 Å². The third-order valence-electron chi connectivity index (χ3n) is 2.49. The number of phenols is 1. The maximum atomic E-state index is 11.6. The van der Waals surface area contributed by atoms with Gasteiger partial charge < -0.3 is 9.84 Å². The Morgan fingerprint density at radius 3 is 2.69 bits per heavy atom. The summed E-state index contributed by atoms with van der Waals surface area (Å²) >= 11 is 0. The Kier molecular flexibility index (Phi) is 2.52. The number of aryl methyl sites for hydroxylation is 1. The predicted molar refractivity (Wildman–Crippen MR) is 61.7 cm³/mol. The molecule has 0 saturated heterocycles. The van der Waals surface area contributed by atoms with Crippen LogP contribution in [0, 0.1) is 6.92 Å². The highest BCUT2D eigenvalue weighted by molar-refractivity contribution is 6.05. The summed E-state index contributed by atoms with van der Waals surface area (Å²) in [6.45, 7) is 1.90. The van der Waals surface area contributed by atoms with Gasteiger partial charge in [-0.1, -0.05) is 6.07 Å². The van der Waals surface area contributed by atoms with Crippen molar-refractivity contribution in [1.29, 1.82) is 0 Å². The summed E-state index contributed by atoms with van der Waals surface area (Å²) in [7, 11) is 1.36. The Balaban J connectivity index is 2.77. The Hall–Kier alpha value is -2.03. The van der Waals surface area contributed by atoms with Crippen LogP contribution in [0.1, 0.15) is 15.9 Å². The monoisotopic (exact) mass is 216 g/mol. The number of carbonyl (C=O) groups is 1. The number of hydrogen-bond donors (Lipinski definition) is 1. The normalized spacial score (nSPS) is 10.4. The van der Waals surface area contributed by atoms with E-state index in [2.05, 4.69) is 0 Å². The zero-order chi connectivity index (χ0) is 11.7. The molecule has 2 aromatic carbocycles. The van der Waals surface area contributed by atoms with Crippen molar-refractivity contribution in [3.8, 4) is 5.75 Å². The summed E-state index contributed by atoms with van der Waals surface area (Å²) in [4.78, 5) is 11.6. The second-order valence-electron chi connectivity index (χ2n) is 3.71. The molecule has 0 radical (unpaired) electrons. The zero-order valence-electron chi connectivity index (χ0n) is 9.15. The molecule has 3 nitrogen and oxygen atoms in total. The van der Waals surface area contributed by atoms with Crippen LogP contribution in [0.3, 0.4) is 0 Å². The van der Waals surface area contributed by atoms with E-state index in [-0.39, 0.29) is 11.7 Å². The maximum absolute atomic E-state index is 11.6. The fourth-order valence-electron chi connectivity index (χ4n) is 1.79. The lowest BCUT2D eigenvalue weighted by molar-refractivity contribution is 0.0603. The van der Waals surface area contributed by atoms with E-state index in [0.717, 1.165) is 16.3 Å². The van der Waals surface area contributed by atoms with Gasteiger partial charge in [0.05, 0.1) is 12.7 Å². The molecule has 0 spiro atoms. The number of carbonyl (C=O) groups excluding carboxylic acids is 1. The third-order valence-corrected chi connectivity index (χ3v) is 2.49. The van der Waals surface area contributed by atoms with Crippen LogP contribution in [0.15, 0.2) is 30.3 Å². The molecule has 0 aliphatic heterocycles. The van der Waals surface area contributed by atoms with Crippen LogP contribution in [-0.2, 0) is 4.74 Å². The molecule has 0 amide bonds. The van der Waals surface area contributed by atoms with Gasteiger partial charge in [-0.25, -0.2) is 4.79 Å². The summed E-state index contributed by atoms with van der Waals surface area (Å²) in [5, 5.41) is 11.0. The van der Waals surface area contributed by atoms with Crippen molar-refractivity contribution < 1.29 is 14.6 Å². The van der Waals surface area contributed by atoms with Gasteiger partial charge in [0.25, 0.3) is 0 Å². The fraction of sp³-hybridized carbons (Fsp3) is 0.154. The number of benzene rings is 2. The first-order chi connectivity index (χ1) is 7.61. The van der Waals surface area contributed by atoms with E-state index < -0.39 is 0 Å². The van der Waals surface area contributed by atoms with Crippen LogP contribution in [0.5, 0.6) is 5.75 Å². The van der Waals surface area contributed by atoms with E-state index in [0.29, 0.717) is 5.56 Å².